The van der Waals surface area contributed by atoms with Gasteiger partial charge < -0.3 is 15.8 Å². The lowest BCUT2D eigenvalue weighted by Gasteiger charge is -2.07. The van der Waals surface area contributed by atoms with Gasteiger partial charge in [0.25, 0.3) is 0 Å². The molecule has 0 spiro atoms. The second-order valence-electron chi connectivity index (χ2n) is 2.60. The van der Waals surface area contributed by atoms with E-state index in [1.807, 2.05) is 13.8 Å². The first-order valence-electron chi connectivity index (χ1n) is 4.71. The molecule has 0 saturated heterocycles. The molecule has 0 heterocycles. The second kappa shape index (κ2) is 6.02. The Morgan fingerprint density at radius 2 is 1.93 bits per heavy atom. The Bertz CT molecular complexity index is 308. The van der Waals surface area contributed by atoms with E-state index in [1.165, 1.54) is 0 Å². The molecule has 14 heavy (non-hydrogen) atoms. The monoisotopic (exact) mass is 194 g/mol. The first kappa shape index (κ1) is 12.5. The normalized spacial score (nSPS) is 8.57. The Balaban J connectivity index is 0.000000791. The zero-order valence-corrected chi connectivity index (χ0v) is 9.18. The van der Waals surface area contributed by atoms with Gasteiger partial charge in [0.05, 0.1) is 0 Å². The molecule has 0 radical (unpaired) electrons. The van der Waals surface area contributed by atoms with Crippen LogP contribution in [0.1, 0.15) is 26.3 Å². The van der Waals surface area contributed by atoms with E-state index >= 15 is 0 Å². The predicted octanol–water partition coefficient (Wildman–Crippen LogP) is 2.85. The van der Waals surface area contributed by atoms with Crippen LogP contribution in [0, 0.1) is 5.41 Å². The maximum atomic E-state index is 9.14. The van der Waals surface area contributed by atoms with Gasteiger partial charge in [-0.15, -0.1) is 0 Å². The fraction of sp³-hybridized carbons (Fsp3) is 0.364. The molecule has 0 aliphatic carbocycles. The van der Waals surface area contributed by atoms with Crippen molar-refractivity contribution in [1.29, 1.82) is 5.41 Å². The van der Waals surface area contributed by atoms with Crippen LogP contribution >= 0.6 is 0 Å². The second-order valence-corrected chi connectivity index (χ2v) is 2.60. The Morgan fingerprint density at radius 3 is 2.36 bits per heavy atom. The van der Waals surface area contributed by atoms with Gasteiger partial charge in [-0.3, -0.25) is 0 Å². The molecule has 3 heteroatoms. The molecule has 0 atom stereocenters. The van der Waals surface area contributed by atoms with E-state index in [1.54, 1.807) is 32.2 Å². The lowest BCUT2D eigenvalue weighted by molar-refractivity contribution is 0.475. The van der Waals surface area contributed by atoms with Crippen LogP contribution in [0.4, 0.5) is 5.69 Å². The molecular weight excluding hydrogens is 176 g/mol. The Morgan fingerprint density at radius 1 is 1.36 bits per heavy atom. The number of hydrogen-bond donors (Lipinski definition) is 3. The molecule has 0 unspecified atom stereocenters. The molecule has 0 bridgehead atoms. The molecule has 78 valence electrons. The van der Waals surface area contributed by atoms with Gasteiger partial charge in [-0.25, -0.2) is 0 Å². The highest BCUT2D eigenvalue weighted by Gasteiger charge is 2.02. The van der Waals surface area contributed by atoms with Gasteiger partial charge in [0, 0.05) is 30.1 Å². The molecule has 1 aromatic rings. The van der Waals surface area contributed by atoms with Gasteiger partial charge >= 0.3 is 0 Å². The highest BCUT2D eigenvalue weighted by molar-refractivity contribution is 6.01. The summed E-state index contributed by atoms with van der Waals surface area (Å²) in [4.78, 5) is 0. The van der Waals surface area contributed by atoms with Crippen LogP contribution in [0.25, 0.3) is 0 Å². The zero-order chi connectivity index (χ0) is 11.1. The highest BCUT2D eigenvalue weighted by Crippen LogP contribution is 2.21. The van der Waals surface area contributed by atoms with Crippen LogP contribution in [0.2, 0.25) is 0 Å². The topological polar surface area (TPSA) is 56.1 Å². The van der Waals surface area contributed by atoms with E-state index in [2.05, 4.69) is 5.32 Å². The summed E-state index contributed by atoms with van der Waals surface area (Å²) in [5.74, 6) is 0.212. The largest absolute Gasteiger partial charge is 0.508 e. The summed E-state index contributed by atoms with van der Waals surface area (Å²) < 4.78 is 0. The van der Waals surface area contributed by atoms with Crippen molar-refractivity contribution in [2.45, 2.75) is 20.8 Å². The molecule has 0 aliphatic heterocycles. The molecule has 0 aliphatic rings. The van der Waals surface area contributed by atoms with Crippen LogP contribution in [0.3, 0.4) is 0 Å². The third-order valence-electron chi connectivity index (χ3n) is 1.68. The summed E-state index contributed by atoms with van der Waals surface area (Å²) in [6.45, 7) is 5.72. The van der Waals surface area contributed by atoms with Gasteiger partial charge in [0.2, 0.25) is 0 Å². The molecule has 0 saturated carbocycles. The lowest BCUT2D eigenvalue weighted by Crippen LogP contribution is -1.99. The van der Waals surface area contributed by atoms with Gasteiger partial charge in [0.15, 0.2) is 0 Å². The molecule has 3 N–H and O–H groups in total. The minimum absolute atomic E-state index is 0.212. The van der Waals surface area contributed by atoms with Gasteiger partial charge in [0.1, 0.15) is 5.75 Å². The average Bonchev–Trinajstić information content (AvgIpc) is 2.20. The fourth-order valence-electron chi connectivity index (χ4n) is 1.07. The zero-order valence-electron chi connectivity index (χ0n) is 9.18. The van der Waals surface area contributed by atoms with Crippen LogP contribution in [0.15, 0.2) is 18.2 Å². The number of nitrogens with one attached hydrogen (secondary N) is 2. The number of aromatic hydroxyl groups is 1. The number of rotatable bonds is 2. The molecule has 1 aromatic carbocycles. The van der Waals surface area contributed by atoms with Crippen molar-refractivity contribution in [2.24, 2.45) is 0 Å². The van der Waals surface area contributed by atoms with Crippen molar-refractivity contribution in [2.75, 3.05) is 12.4 Å². The van der Waals surface area contributed by atoms with Gasteiger partial charge in [-0.2, -0.15) is 0 Å². The summed E-state index contributed by atoms with van der Waals surface area (Å²) in [5, 5.41) is 19.5. The average molecular weight is 194 g/mol. The van der Waals surface area contributed by atoms with Crippen molar-refractivity contribution < 1.29 is 5.11 Å². The molecule has 0 aromatic heterocycles. The molecular formula is C11H18N2O. The number of phenols is 1. The molecule has 3 nitrogen and oxygen atoms in total. The van der Waals surface area contributed by atoms with E-state index in [-0.39, 0.29) is 5.75 Å². The summed E-state index contributed by atoms with van der Waals surface area (Å²) in [5.41, 5.74) is 2.08. The SMILES string of the molecule is CC.CNc1cc(O)ccc1C(C)=N. The quantitative estimate of drug-likeness (QED) is 0.634. The predicted molar refractivity (Wildman–Crippen MR) is 61.5 cm³/mol. The lowest BCUT2D eigenvalue weighted by atomic mass is 10.1. The number of benzene rings is 1. The van der Waals surface area contributed by atoms with Crippen LogP contribution in [-0.4, -0.2) is 17.9 Å². The Kier molecular flexibility index (Phi) is 5.37. The third-order valence-corrected chi connectivity index (χ3v) is 1.68. The standard InChI is InChI=1S/C9H12N2O.C2H6/c1-6(10)8-4-3-7(12)5-9(8)11-2;1-2/h3-5,10-12H,1-2H3;1-2H3. The highest BCUT2D eigenvalue weighted by atomic mass is 16.3. The van der Waals surface area contributed by atoms with Crippen molar-refractivity contribution in [3.05, 3.63) is 23.8 Å². The van der Waals surface area contributed by atoms with E-state index in [9.17, 15) is 0 Å². The maximum absolute atomic E-state index is 9.14. The van der Waals surface area contributed by atoms with Crippen molar-refractivity contribution in [3.8, 4) is 5.75 Å². The Hall–Kier alpha value is -1.51. The number of hydrogen-bond acceptors (Lipinski definition) is 3. The van der Waals surface area contributed by atoms with Gasteiger partial charge in [-0.05, 0) is 19.1 Å². The van der Waals surface area contributed by atoms with E-state index in [0.717, 1.165) is 11.3 Å². The smallest absolute Gasteiger partial charge is 0.117 e. The minimum Gasteiger partial charge on any atom is -0.508 e. The summed E-state index contributed by atoms with van der Waals surface area (Å²) >= 11 is 0. The molecule has 0 fully saturated rings. The van der Waals surface area contributed by atoms with Crippen molar-refractivity contribution >= 4 is 11.4 Å². The van der Waals surface area contributed by atoms with Gasteiger partial charge in [-0.1, -0.05) is 13.8 Å². The minimum atomic E-state index is 0.212. The van der Waals surface area contributed by atoms with Crippen LogP contribution in [-0.2, 0) is 0 Å². The maximum Gasteiger partial charge on any atom is 0.117 e. The first-order chi connectivity index (χ1) is 6.65. The van der Waals surface area contributed by atoms with Crippen molar-refractivity contribution in [3.63, 3.8) is 0 Å². The summed E-state index contributed by atoms with van der Waals surface area (Å²) in [7, 11) is 1.77. The Labute approximate surface area is 85.3 Å². The number of phenolic OH excluding ortho intramolecular Hbond substituents is 1. The number of anilines is 1. The van der Waals surface area contributed by atoms with Crippen LogP contribution < -0.4 is 5.32 Å². The van der Waals surface area contributed by atoms with Crippen LogP contribution in [0.5, 0.6) is 5.75 Å². The molecule has 1 rings (SSSR count). The van der Waals surface area contributed by atoms with E-state index in [0.29, 0.717) is 5.71 Å². The summed E-state index contributed by atoms with van der Waals surface area (Å²) in [6.07, 6.45) is 0. The van der Waals surface area contributed by atoms with E-state index in [4.69, 9.17) is 10.5 Å². The summed E-state index contributed by atoms with van der Waals surface area (Å²) in [6, 6.07) is 4.91. The third kappa shape index (κ3) is 3.09. The fourth-order valence-corrected chi connectivity index (χ4v) is 1.07. The van der Waals surface area contributed by atoms with Crippen molar-refractivity contribution in [1.82, 2.24) is 0 Å². The molecule has 0 amide bonds. The first-order valence-corrected chi connectivity index (χ1v) is 4.71. The van der Waals surface area contributed by atoms with E-state index < -0.39 is 0 Å².